The number of nitrogens with zero attached hydrogens (tertiary/aromatic N) is 5. The van der Waals surface area contributed by atoms with Gasteiger partial charge in [0, 0.05) is 34.4 Å². The van der Waals surface area contributed by atoms with Gasteiger partial charge < -0.3 is 10.0 Å². The van der Waals surface area contributed by atoms with E-state index in [0.29, 0.717) is 22.6 Å². The van der Waals surface area contributed by atoms with Crippen molar-refractivity contribution in [3.63, 3.8) is 0 Å². The Labute approximate surface area is 201 Å². The lowest BCUT2D eigenvalue weighted by Gasteiger charge is -2.16. The fourth-order valence-corrected chi connectivity index (χ4v) is 4.51. The van der Waals surface area contributed by atoms with E-state index in [1.807, 2.05) is 58.0 Å². The number of anilines is 1. The molecule has 0 fully saturated rings. The van der Waals surface area contributed by atoms with Gasteiger partial charge in [-0.3, -0.25) is 23.9 Å². The molecule has 35 heavy (non-hydrogen) atoms. The van der Waals surface area contributed by atoms with Crippen molar-refractivity contribution in [3.8, 4) is 11.6 Å². The third-order valence-electron chi connectivity index (χ3n) is 6.16. The summed E-state index contributed by atoms with van der Waals surface area (Å²) in [5, 5.41) is 11.0. The summed E-state index contributed by atoms with van der Waals surface area (Å²) in [4.78, 5) is 46.3. The van der Waals surface area contributed by atoms with Gasteiger partial charge in [0.05, 0.1) is 28.1 Å². The minimum atomic E-state index is -0.755. The second-order valence-corrected chi connectivity index (χ2v) is 8.96. The van der Waals surface area contributed by atoms with Crippen LogP contribution in [0.5, 0.6) is 5.88 Å². The summed E-state index contributed by atoms with van der Waals surface area (Å²) in [6.45, 7) is 5.62. The number of H-pyrrole nitrogens is 1. The van der Waals surface area contributed by atoms with Gasteiger partial charge in [-0.05, 0) is 44.0 Å². The highest BCUT2D eigenvalue weighted by Gasteiger charge is 2.18. The van der Waals surface area contributed by atoms with Crippen LogP contribution in [0.1, 0.15) is 22.3 Å². The normalized spacial score (nSPS) is 11.6. The maximum absolute atomic E-state index is 12.7. The molecule has 0 aliphatic carbocycles. The molecule has 2 aromatic heterocycles. The Bertz CT molecular complexity index is 1680. The Hall–Kier alpha value is -4.34. The van der Waals surface area contributed by atoms with Gasteiger partial charge in [0.25, 0.3) is 5.56 Å². The highest BCUT2D eigenvalue weighted by molar-refractivity contribution is 5.91. The average molecular weight is 477 g/mol. The zero-order valence-electron chi connectivity index (χ0n) is 20.8. The van der Waals surface area contributed by atoms with Crippen LogP contribution in [0, 0.1) is 20.8 Å². The molecule has 0 spiro atoms. The number of imidazole rings is 1. The zero-order chi connectivity index (χ0) is 25.8. The van der Waals surface area contributed by atoms with Gasteiger partial charge in [-0.15, -0.1) is 0 Å². The van der Waals surface area contributed by atoms with E-state index >= 15 is 0 Å². The number of benzene rings is 2. The molecule has 0 saturated heterocycles. The fraction of sp³-hybridized carbons (Fsp3) is 0.280. The van der Waals surface area contributed by atoms with Crippen molar-refractivity contribution >= 4 is 28.6 Å². The lowest BCUT2D eigenvalue weighted by Crippen LogP contribution is -2.32. The van der Waals surface area contributed by atoms with Gasteiger partial charge in [0.15, 0.2) is 0 Å². The highest BCUT2D eigenvalue weighted by Crippen LogP contribution is 2.32. The molecule has 10 nitrogen and oxygen atoms in total. The monoisotopic (exact) mass is 476 g/mol. The predicted octanol–water partition coefficient (Wildman–Crippen LogP) is 2.16. The first-order chi connectivity index (χ1) is 16.4. The maximum Gasteiger partial charge on any atom is 0.335 e. The second-order valence-electron chi connectivity index (χ2n) is 8.96. The van der Waals surface area contributed by atoms with Crippen LogP contribution in [-0.2, 0) is 14.1 Å². The molecule has 0 atom stereocenters. The van der Waals surface area contributed by atoms with Crippen molar-refractivity contribution in [1.29, 1.82) is 0 Å². The minimum Gasteiger partial charge on any atom is -0.493 e. The zero-order valence-corrected chi connectivity index (χ0v) is 20.8. The number of hydrogen-bond donors (Lipinski definition) is 2. The summed E-state index contributed by atoms with van der Waals surface area (Å²) in [5.74, 6) is -0.503. The SMILES string of the molecule is Cc1cc(C)c(-n2c(O)c(C=Nc3cc4c(cc3N(C)C)n(C)c(=O)n4C)c(=O)[nH]c2=O)c(C)c1. The van der Waals surface area contributed by atoms with E-state index < -0.39 is 17.1 Å². The Morgan fingerprint density at radius 3 is 2.09 bits per heavy atom. The van der Waals surface area contributed by atoms with Crippen LogP contribution in [0.4, 0.5) is 11.4 Å². The van der Waals surface area contributed by atoms with Crippen molar-refractivity contribution < 1.29 is 5.11 Å². The summed E-state index contributed by atoms with van der Waals surface area (Å²) in [6, 6.07) is 7.39. The van der Waals surface area contributed by atoms with E-state index in [1.54, 1.807) is 24.7 Å². The molecule has 182 valence electrons. The molecule has 0 bridgehead atoms. The van der Waals surface area contributed by atoms with Crippen LogP contribution >= 0.6 is 0 Å². The molecule has 4 rings (SSSR count). The standard InChI is InChI=1S/C25H28N6O4/c1-13-8-14(2)21(15(3)9-13)31-23(33)16(22(32)27-24(31)34)12-26-17-10-19-20(11-18(17)28(4)5)30(7)25(35)29(19)6/h8-12,33H,1-7H3,(H,27,32,34). The molecule has 4 aromatic rings. The van der Waals surface area contributed by atoms with Gasteiger partial charge in [-0.2, -0.15) is 0 Å². The molecule has 10 heteroatoms. The van der Waals surface area contributed by atoms with Gasteiger partial charge in [0.1, 0.15) is 5.56 Å². The van der Waals surface area contributed by atoms with E-state index in [4.69, 9.17) is 0 Å². The molecule has 0 unspecified atom stereocenters. The van der Waals surface area contributed by atoms with Crippen LogP contribution < -0.4 is 21.8 Å². The van der Waals surface area contributed by atoms with E-state index in [2.05, 4.69) is 9.98 Å². The fourth-order valence-electron chi connectivity index (χ4n) is 4.51. The largest absolute Gasteiger partial charge is 0.493 e. The van der Waals surface area contributed by atoms with Crippen LogP contribution in [0.15, 0.2) is 43.6 Å². The van der Waals surface area contributed by atoms with Crippen molar-refractivity contribution in [3.05, 3.63) is 77.8 Å². The second kappa shape index (κ2) is 8.46. The smallest absolute Gasteiger partial charge is 0.335 e. The molecular formula is C25H28N6O4. The van der Waals surface area contributed by atoms with Gasteiger partial charge in [-0.1, -0.05) is 17.7 Å². The lowest BCUT2D eigenvalue weighted by atomic mass is 10.0. The highest BCUT2D eigenvalue weighted by atomic mass is 16.3. The number of aryl methyl sites for hydroxylation is 5. The first kappa shape index (κ1) is 23.8. The molecule has 0 radical (unpaired) electrons. The van der Waals surface area contributed by atoms with Crippen molar-refractivity contribution in [2.75, 3.05) is 19.0 Å². The number of aromatic amines is 1. The predicted molar refractivity (Wildman–Crippen MR) is 138 cm³/mol. The van der Waals surface area contributed by atoms with E-state index in [0.717, 1.165) is 26.8 Å². The van der Waals surface area contributed by atoms with Gasteiger partial charge in [0.2, 0.25) is 5.88 Å². The third kappa shape index (κ3) is 3.86. The molecular weight excluding hydrogens is 448 g/mol. The molecule has 0 aliphatic heterocycles. The Kier molecular flexibility index (Phi) is 5.75. The van der Waals surface area contributed by atoms with E-state index in [-0.39, 0.29) is 11.3 Å². The number of fused-ring (bicyclic) bond motifs is 1. The average Bonchev–Trinajstić information content (AvgIpc) is 2.97. The number of aromatic nitrogens is 4. The van der Waals surface area contributed by atoms with Crippen LogP contribution in [-0.4, -0.2) is 44.1 Å². The van der Waals surface area contributed by atoms with Crippen LogP contribution in [0.2, 0.25) is 0 Å². The summed E-state index contributed by atoms with van der Waals surface area (Å²) >= 11 is 0. The summed E-state index contributed by atoms with van der Waals surface area (Å²) in [7, 11) is 7.05. The van der Waals surface area contributed by atoms with Gasteiger partial charge in [-0.25, -0.2) is 14.2 Å². The van der Waals surface area contributed by atoms with Crippen LogP contribution in [0.3, 0.4) is 0 Å². The first-order valence-corrected chi connectivity index (χ1v) is 11.0. The van der Waals surface area contributed by atoms with Crippen LogP contribution in [0.25, 0.3) is 16.7 Å². The molecule has 0 aliphatic rings. The molecule has 0 amide bonds. The number of aliphatic imine (C=N–C) groups is 1. The number of aromatic hydroxyl groups is 1. The number of rotatable bonds is 4. The summed E-state index contributed by atoms with van der Waals surface area (Å²) < 4.78 is 4.15. The minimum absolute atomic E-state index is 0.157. The third-order valence-corrected chi connectivity index (χ3v) is 6.16. The lowest BCUT2D eigenvalue weighted by molar-refractivity contribution is 0.429. The molecule has 2 heterocycles. The van der Waals surface area contributed by atoms with E-state index in [1.165, 1.54) is 10.8 Å². The van der Waals surface area contributed by atoms with Crippen molar-refractivity contribution in [2.45, 2.75) is 20.8 Å². The maximum atomic E-state index is 12.7. The number of hydrogen-bond acceptors (Lipinski definition) is 6. The van der Waals surface area contributed by atoms with E-state index in [9.17, 15) is 19.5 Å². The topological polar surface area (TPSA) is 118 Å². The molecule has 2 aromatic carbocycles. The first-order valence-electron chi connectivity index (χ1n) is 11.0. The Morgan fingerprint density at radius 1 is 0.943 bits per heavy atom. The van der Waals surface area contributed by atoms with Crippen molar-refractivity contribution in [2.24, 2.45) is 19.1 Å². The molecule has 0 saturated carbocycles. The Balaban J connectivity index is 1.94. The summed E-state index contributed by atoms with van der Waals surface area (Å²) in [5.41, 5.74) is 3.86. The van der Waals surface area contributed by atoms with Gasteiger partial charge >= 0.3 is 11.4 Å². The Morgan fingerprint density at radius 2 is 1.51 bits per heavy atom. The van der Waals surface area contributed by atoms with Crippen molar-refractivity contribution in [1.82, 2.24) is 18.7 Å². The number of nitrogens with one attached hydrogen (secondary N) is 1. The molecule has 2 N–H and O–H groups in total. The summed E-state index contributed by atoms with van der Waals surface area (Å²) in [6.07, 6.45) is 1.23. The quantitative estimate of drug-likeness (QED) is 0.438.